The van der Waals surface area contributed by atoms with E-state index in [1.54, 1.807) is 31.4 Å². The number of benzene rings is 2. The van der Waals surface area contributed by atoms with Crippen molar-refractivity contribution in [3.63, 3.8) is 0 Å². The second kappa shape index (κ2) is 9.23. The van der Waals surface area contributed by atoms with Crippen LogP contribution in [0.1, 0.15) is 17.9 Å². The zero-order valence-electron chi connectivity index (χ0n) is 15.6. The smallest absolute Gasteiger partial charge is 0.246 e. The molecule has 1 aromatic heterocycles. The largest absolute Gasteiger partial charge is 0.493 e. The molecule has 3 rings (SSSR count). The minimum Gasteiger partial charge on any atom is -0.493 e. The molecule has 1 heterocycles. The van der Waals surface area contributed by atoms with E-state index < -0.39 is 0 Å². The number of hydrogen-bond donors (Lipinski definition) is 1. The van der Waals surface area contributed by atoms with Gasteiger partial charge in [-0.05, 0) is 48.9 Å². The minimum absolute atomic E-state index is 0.146. The standard InChI is InChI=1S/C20H20ClN3O4/c1-13-3-8-16(17(11-13)26-2)27-10-9-18(25)22-12-19-23-20(24-28-19)14-4-6-15(21)7-5-14/h3-8,11H,9-10,12H2,1-2H3,(H,22,25). The Morgan fingerprint density at radius 1 is 1.18 bits per heavy atom. The van der Waals surface area contributed by atoms with Gasteiger partial charge in [0.15, 0.2) is 11.5 Å². The predicted molar refractivity (Wildman–Crippen MR) is 104 cm³/mol. The molecule has 0 aliphatic heterocycles. The van der Waals surface area contributed by atoms with Crippen molar-refractivity contribution in [2.45, 2.75) is 19.9 Å². The average molecular weight is 402 g/mol. The molecule has 0 atom stereocenters. The van der Waals surface area contributed by atoms with Crippen LogP contribution >= 0.6 is 11.6 Å². The number of carbonyl (C=O) groups excluding carboxylic acids is 1. The lowest BCUT2D eigenvalue weighted by Gasteiger charge is -2.11. The Balaban J connectivity index is 1.45. The van der Waals surface area contributed by atoms with Crippen LogP contribution in [0.15, 0.2) is 47.0 Å². The predicted octanol–water partition coefficient (Wildman–Crippen LogP) is 3.79. The van der Waals surface area contributed by atoms with Crippen LogP contribution in [0, 0.1) is 6.92 Å². The van der Waals surface area contributed by atoms with Gasteiger partial charge in [-0.2, -0.15) is 4.98 Å². The molecule has 3 aromatic rings. The Morgan fingerprint density at radius 2 is 1.96 bits per heavy atom. The maximum Gasteiger partial charge on any atom is 0.246 e. The summed E-state index contributed by atoms with van der Waals surface area (Å²) < 4.78 is 16.1. The summed E-state index contributed by atoms with van der Waals surface area (Å²) in [7, 11) is 1.58. The lowest BCUT2D eigenvalue weighted by molar-refractivity contribution is -0.121. The molecule has 7 nitrogen and oxygen atoms in total. The van der Waals surface area contributed by atoms with Gasteiger partial charge in [0.2, 0.25) is 17.6 Å². The van der Waals surface area contributed by atoms with Gasteiger partial charge in [0, 0.05) is 10.6 Å². The SMILES string of the molecule is COc1cc(C)ccc1OCCC(=O)NCc1nc(-c2ccc(Cl)cc2)no1. The number of methoxy groups -OCH3 is 1. The first-order chi connectivity index (χ1) is 13.5. The third kappa shape index (κ3) is 5.23. The molecular formula is C20H20ClN3O4. The topological polar surface area (TPSA) is 86.5 Å². The van der Waals surface area contributed by atoms with E-state index in [9.17, 15) is 4.79 Å². The molecule has 8 heteroatoms. The Morgan fingerprint density at radius 3 is 2.71 bits per heavy atom. The second-order valence-corrected chi connectivity index (χ2v) is 6.48. The third-order valence-corrected chi connectivity index (χ3v) is 4.17. The molecule has 0 radical (unpaired) electrons. The van der Waals surface area contributed by atoms with Gasteiger partial charge in [-0.15, -0.1) is 0 Å². The van der Waals surface area contributed by atoms with Crippen LogP contribution in [0.25, 0.3) is 11.4 Å². The molecule has 0 saturated heterocycles. The molecular weight excluding hydrogens is 382 g/mol. The Labute approximate surface area is 167 Å². The number of hydrogen-bond acceptors (Lipinski definition) is 6. The molecule has 1 amide bonds. The maximum absolute atomic E-state index is 12.0. The number of nitrogens with one attached hydrogen (secondary N) is 1. The molecule has 2 aromatic carbocycles. The van der Waals surface area contributed by atoms with E-state index >= 15 is 0 Å². The monoisotopic (exact) mass is 401 g/mol. The lowest BCUT2D eigenvalue weighted by Crippen LogP contribution is -2.24. The quantitative estimate of drug-likeness (QED) is 0.618. The summed E-state index contributed by atoms with van der Waals surface area (Å²) in [6.07, 6.45) is 0.190. The van der Waals surface area contributed by atoms with Crippen molar-refractivity contribution in [3.8, 4) is 22.9 Å². The van der Waals surface area contributed by atoms with Gasteiger partial charge in [0.05, 0.1) is 26.7 Å². The summed E-state index contributed by atoms with van der Waals surface area (Å²) in [6.45, 7) is 2.34. The summed E-state index contributed by atoms with van der Waals surface area (Å²) in [5, 5.41) is 7.26. The van der Waals surface area contributed by atoms with Crippen molar-refractivity contribution < 1.29 is 18.8 Å². The maximum atomic E-state index is 12.0. The van der Waals surface area contributed by atoms with E-state index in [0.29, 0.717) is 28.2 Å². The van der Waals surface area contributed by atoms with E-state index in [4.69, 9.17) is 25.6 Å². The van der Waals surface area contributed by atoms with Crippen LogP contribution in [0.4, 0.5) is 0 Å². The van der Waals surface area contributed by atoms with Gasteiger partial charge in [0.1, 0.15) is 0 Å². The molecule has 28 heavy (non-hydrogen) atoms. The number of amides is 1. The van der Waals surface area contributed by atoms with Crippen molar-refractivity contribution in [1.29, 1.82) is 0 Å². The molecule has 0 aliphatic carbocycles. The zero-order valence-corrected chi connectivity index (χ0v) is 16.3. The highest BCUT2D eigenvalue weighted by Gasteiger charge is 2.11. The summed E-state index contributed by atoms with van der Waals surface area (Å²) >= 11 is 5.86. The number of aromatic nitrogens is 2. The Kier molecular flexibility index (Phi) is 6.49. The van der Waals surface area contributed by atoms with Crippen LogP contribution in [0.3, 0.4) is 0 Å². The summed E-state index contributed by atoms with van der Waals surface area (Å²) in [5.74, 6) is 1.82. The van der Waals surface area contributed by atoms with Gasteiger partial charge < -0.3 is 19.3 Å². The van der Waals surface area contributed by atoms with Gasteiger partial charge in [-0.1, -0.05) is 22.8 Å². The van der Waals surface area contributed by atoms with Gasteiger partial charge in [-0.3, -0.25) is 4.79 Å². The fourth-order valence-corrected chi connectivity index (χ4v) is 2.58. The summed E-state index contributed by atoms with van der Waals surface area (Å²) in [6, 6.07) is 12.7. The van der Waals surface area contributed by atoms with Crippen molar-refractivity contribution in [2.75, 3.05) is 13.7 Å². The van der Waals surface area contributed by atoms with E-state index in [-0.39, 0.29) is 25.5 Å². The highest BCUT2D eigenvalue weighted by atomic mass is 35.5. The molecule has 0 saturated carbocycles. The van der Waals surface area contributed by atoms with Gasteiger partial charge in [0.25, 0.3) is 0 Å². The van der Waals surface area contributed by atoms with E-state index in [1.807, 2.05) is 25.1 Å². The normalized spacial score (nSPS) is 10.5. The first-order valence-corrected chi connectivity index (χ1v) is 9.05. The number of ether oxygens (including phenoxy) is 2. The lowest BCUT2D eigenvalue weighted by atomic mass is 10.2. The molecule has 146 valence electrons. The molecule has 0 bridgehead atoms. The van der Waals surface area contributed by atoms with E-state index in [2.05, 4.69) is 15.5 Å². The minimum atomic E-state index is -0.183. The number of nitrogens with zero attached hydrogens (tertiary/aromatic N) is 2. The van der Waals surface area contributed by atoms with Crippen molar-refractivity contribution in [3.05, 3.63) is 58.9 Å². The fourth-order valence-electron chi connectivity index (χ4n) is 2.45. The molecule has 1 N–H and O–H groups in total. The Hall–Kier alpha value is -3.06. The highest BCUT2D eigenvalue weighted by molar-refractivity contribution is 6.30. The number of rotatable bonds is 8. The van der Waals surface area contributed by atoms with Gasteiger partial charge >= 0.3 is 0 Å². The Bertz CT molecular complexity index is 941. The molecule has 0 spiro atoms. The van der Waals surface area contributed by atoms with Crippen LogP contribution < -0.4 is 14.8 Å². The average Bonchev–Trinajstić information content (AvgIpc) is 3.17. The van der Waals surface area contributed by atoms with Crippen molar-refractivity contribution >= 4 is 17.5 Å². The van der Waals surface area contributed by atoms with Crippen LogP contribution in [0.5, 0.6) is 11.5 Å². The van der Waals surface area contributed by atoms with Gasteiger partial charge in [-0.25, -0.2) is 0 Å². The molecule has 0 fully saturated rings. The highest BCUT2D eigenvalue weighted by Crippen LogP contribution is 2.27. The molecule has 0 aliphatic rings. The molecule has 0 unspecified atom stereocenters. The second-order valence-electron chi connectivity index (χ2n) is 6.05. The first-order valence-electron chi connectivity index (χ1n) is 8.68. The van der Waals surface area contributed by atoms with Crippen LogP contribution in [0.2, 0.25) is 5.02 Å². The van der Waals surface area contributed by atoms with Crippen molar-refractivity contribution in [1.82, 2.24) is 15.5 Å². The number of halogens is 1. The van der Waals surface area contributed by atoms with E-state index in [0.717, 1.165) is 11.1 Å². The summed E-state index contributed by atoms with van der Waals surface area (Å²) in [4.78, 5) is 16.3. The fraction of sp³-hybridized carbons (Fsp3) is 0.250. The van der Waals surface area contributed by atoms with Crippen LogP contribution in [-0.4, -0.2) is 29.8 Å². The third-order valence-electron chi connectivity index (χ3n) is 3.91. The van der Waals surface area contributed by atoms with E-state index in [1.165, 1.54) is 0 Å². The van der Waals surface area contributed by atoms with Crippen LogP contribution in [-0.2, 0) is 11.3 Å². The number of carbonyl (C=O) groups is 1. The first kappa shape index (κ1) is 19.7. The number of aryl methyl sites for hydroxylation is 1. The zero-order chi connectivity index (χ0) is 19.9. The summed E-state index contributed by atoms with van der Waals surface area (Å²) in [5.41, 5.74) is 1.85. The van der Waals surface area contributed by atoms with Crippen molar-refractivity contribution in [2.24, 2.45) is 0 Å².